The van der Waals surface area contributed by atoms with Crippen molar-refractivity contribution in [1.82, 2.24) is 14.5 Å². The molecular formula is C23H24ClN6O3+. The van der Waals surface area contributed by atoms with Gasteiger partial charge < -0.3 is 20.9 Å². The molecule has 10 heteroatoms. The van der Waals surface area contributed by atoms with Crippen molar-refractivity contribution in [3.63, 3.8) is 0 Å². The lowest BCUT2D eigenvalue weighted by Gasteiger charge is -2.07. The summed E-state index contributed by atoms with van der Waals surface area (Å²) in [6.07, 6.45) is 0. The number of hydrogen-bond acceptors (Lipinski definition) is 7. The van der Waals surface area contributed by atoms with Crippen LogP contribution in [0.5, 0.6) is 5.75 Å². The third-order valence-corrected chi connectivity index (χ3v) is 5.77. The number of imidazole rings is 1. The molecule has 0 saturated heterocycles. The third-order valence-electron chi connectivity index (χ3n) is 5.50. The number of nitrogen functional groups attached to an aromatic ring is 2. The van der Waals surface area contributed by atoms with Gasteiger partial charge in [0.1, 0.15) is 5.75 Å². The van der Waals surface area contributed by atoms with Gasteiger partial charge in [0.25, 0.3) is 5.82 Å². The summed E-state index contributed by atoms with van der Waals surface area (Å²) in [6.45, 7) is 2.73. The molecular weight excluding hydrogens is 444 g/mol. The largest absolute Gasteiger partial charge is 0.497 e. The first-order chi connectivity index (χ1) is 15.8. The number of aromatic nitrogens is 4. The van der Waals surface area contributed by atoms with Crippen LogP contribution in [0.2, 0.25) is 5.15 Å². The second-order valence-electron chi connectivity index (χ2n) is 7.36. The molecule has 0 aliphatic carbocycles. The lowest BCUT2D eigenvalue weighted by Crippen LogP contribution is -2.34. The zero-order chi connectivity index (χ0) is 23.7. The molecule has 9 nitrogen and oxygen atoms in total. The fourth-order valence-electron chi connectivity index (χ4n) is 3.76. The number of carbonyl (C=O) groups excluding carboxylic acids is 1. The normalized spacial score (nSPS) is 11.0. The average Bonchev–Trinajstić information content (AvgIpc) is 3.10. The molecule has 0 fully saturated rings. The number of rotatable bonds is 6. The lowest BCUT2D eigenvalue weighted by atomic mass is 10.0. The molecule has 4 aromatic rings. The van der Waals surface area contributed by atoms with E-state index in [4.69, 9.17) is 32.5 Å². The van der Waals surface area contributed by atoms with Crippen LogP contribution in [0.3, 0.4) is 0 Å². The van der Waals surface area contributed by atoms with E-state index in [1.165, 1.54) is 0 Å². The fraction of sp³-hybridized carbons (Fsp3) is 0.217. The van der Waals surface area contributed by atoms with Crippen LogP contribution in [0.25, 0.3) is 22.2 Å². The molecule has 0 unspecified atom stereocenters. The Morgan fingerprint density at radius 2 is 1.79 bits per heavy atom. The van der Waals surface area contributed by atoms with Crippen molar-refractivity contribution in [2.24, 2.45) is 7.05 Å². The van der Waals surface area contributed by atoms with Crippen molar-refractivity contribution in [1.29, 1.82) is 0 Å². The van der Waals surface area contributed by atoms with Crippen LogP contribution in [0.1, 0.15) is 23.2 Å². The summed E-state index contributed by atoms with van der Waals surface area (Å²) in [4.78, 5) is 20.3. The van der Waals surface area contributed by atoms with E-state index in [0.717, 1.165) is 33.7 Å². The van der Waals surface area contributed by atoms with E-state index >= 15 is 0 Å². The van der Waals surface area contributed by atoms with Crippen LogP contribution in [0.4, 0.5) is 11.6 Å². The summed E-state index contributed by atoms with van der Waals surface area (Å²) < 4.78 is 14.8. The SMILES string of the molecule is CCn1c(COC(=O)c2nc(Cl)c(N)nc2N)[n+](C)c2ccc(-c3ccc(OC)cc3)cc21. The standard InChI is InChI=1S/C23H23ClN6O3/c1-4-30-17-11-14(13-5-8-15(32-3)9-6-13)7-10-16(17)29(2)18(30)12-33-23(31)19-21(25)28-22(26)20(24)27-19/h5-11H,4,12H2,1-3H3,(H3-,25,26,28,31)/p+1. The number of anilines is 2. The van der Waals surface area contributed by atoms with Gasteiger partial charge in [-0.1, -0.05) is 23.7 Å². The summed E-state index contributed by atoms with van der Waals surface area (Å²) in [5, 5.41) is -0.101. The van der Waals surface area contributed by atoms with Crippen LogP contribution >= 0.6 is 11.6 Å². The van der Waals surface area contributed by atoms with Gasteiger partial charge in [-0.2, -0.15) is 0 Å². The predicted molar refractivity (Wildman–Crippen MR) is 126 cm³/mol. The van der Waals surface area contributed by atoms with Gasteiger partial charge >= 0.3 is 5.97 Å². The maximum Gasteiger partial charge on any atom is 0.361 e. The second kappa shape index (κ2) is 8.95. The molecule has 0 aliphatic heterocycles. The molecule has 2 heterocycles. The van der Waals surface area contributed by atoms with Crippen molar-refractivity contribution in [2.45, 2.75) is 20.1 Å². The Labute approximate surface area is 195 Å². The number of carbonyl (C=O) groups is 1. The first-order valence-corrected chi connectivity index (χ1v) is 10.6. The van der Waals surface area contributed by atoms with E-state index in [9.17, 15) is 4.79 Å². The molecule has 2 aromatic carbocycles. The molecule has 4 N–H and O–H groups in total. The molecule has 0 amide bonds. The summed E-state index contributed by atoms with van der Waals surface area (Å²) in [5.74, 6) is 0.705. The Hall–Kier alpha value is -3.85. The predicted octanol–water partition coefficient (Wildman–Crippen LogP) is 3.13. The van der Waals surface area contributed by atoms with Gasteiger partial charge in [-0.25, -0.2) is 23.9 Å². The zero-order valence-corrected chi connectivity index (χ0v) is 19.3. The topological polar surface area (TPSA) is 122 Å². The minimum absolute atomic E-state index is 0.0127. The average molecular weight is 468 g/mol. The Kier molecular flexibility index (Phi) is 6.06. The van der Waals surface area contributed by atoms with Crippen LogP contribution < -0.4 is 20.8 Å². The number of aryl methyl sites for hydroxylation is 2. The smallest absolute Gasteiger partial charge is 0.361 e. The lowest BCUT2D eigenvalue weighted by molar-refractivity contribution is -0.656. The molecule has 0 saturated carbocycles. The number of esters is 1. The molecule has 0 spiro atoms. The zero-order valence-electron chi connectivity index (χ0n) is 18.5. The maximum atomic E-state index is 12.6. The molecule has 2 aromatic heterocycles. The van der Waals surface area contributed by atoms with Crippen LogP contribution in [-0.2, 0) is 24.9 Å². The summed E-state index contributed by atoms with van der Waals surface area (Å²) in [7, 11) is 3.57. The van der Waals surface area contributed by atoms with E-state index in [1.807, 2.05) is 42.8 Å². The van der Waals surface area contributed by atoms with Crippen molar-refractivity contribution in [3.05, 3.63) is 59.1 Å². The van der Waals surface area contributed by atoms with Crippen LogP contribution in [0, 0.1) is 0 Å². The molecule has 0 aliphatic rings. The fourth-order valence-corrected chi connectivity index (χ4v) is 3.89. The van der Waals surface area contributed by atoms with Gasteiger partial charge in [0, 0.05) is 0 Å². The van der Waals surface area contributed by atoms with Crippen molar-refractivity contribution in [3.8, 4) is 16.9 Å². The minimum atomic E-state index is -0.728. The van der Waals surface area contributed by atoms with Gasteiger partial charge in [0.2, 0.25) is 0 Å². The van der Waals surface area contributed by atoms with E-state index < -0.39 is 5.97 Å². The Morgan fingerprint density at radius 3 is 2.45 bits per heavy atom. The van der Waals surface area contributed by atoms with Crippen LogP contribution in [0.15, 0.2) is 42.5 Å². The van der Waals surface area contributed by atoms with Gasteiger partial charge in [0.15, 0.2) is 40.1 Å². The first kappa shape index (κ1) is 22.3. The van der Waals surface area contributed by atoms with E-state index in [2.05, 4.69) is 32.7 Å². The second-order valence-corrected chi connectivity index (χ2v) is 7.72. The molecule has 0 radical (unpaired) electrons. The molecule has 33 heavy (non-hydrogen) atoms. The van der Waals surface area contributed by atoms with E-state index in [-0.39, 0.29) is 29.1 Å². The van der Waals surface area contributed by atoms with Gasteiger partial charge in [-0.3, -0.25) is 0 Å². The Balaban J connectivity index is 1.65. The number of methoxy groups -OCH3 is 1. The first-order valence-electron chi connectivity index (χ1n) is 10.2. The highest BCUT2D eigenvalue weighted by atomic mass is 35.5. The number of halogens is 1. The number of nitrogens with zero attached hydrogens (tertiary/aromatic N) is 4. The van der Waals surface area contributed by atoms with Crippen molar-refractivity contribution >= 4 is 40.2 Å². The molecule has 0 atom stereocenters. The Morgan fingerprint density at radius 1 is 1.09 bits per heavy atom. The van der Waals surface area contributed by atoms with Gasteiger partial charge in [-0.05, 0) is 48.4 Å². The monoisotopic (exact) mass is 467 g/mol. The molecule has 170 valence electrons. The van der Waals surface area contributed by atoms with Gasteiger partial charge in [-0.15, -0.1) is 0 Å². The summed E-state index contributed by atoms with van der Waals surface area (Å²) in [6, 6.07) is 14.1. The highest BCUT2D eigenvalue weighted by molar-refractivity contribution is 6.31. The van der Waals surface area contributed by atoms with E-state index in [0.29, 0.717) is 6.54 Å². The highest BCUT2D eigenvalue weighted by Crippen LogP contribution is 2.26. The quantitative estimate of drug-likeness (QED) is 0.330. The Bertz CT molecular complexity index is 1350. The number of hydrogen-bond donors (Lipinski definition) is 2. The number of nitrogens with two attached hydrogens (primary N) is 2. The maximum absolute atomic E-state index is 12.6. The summed E-state index contributed by atoms with van der Waals surface area (Å²) >= 11 is 5.88. The summed E-state index contributed by atoms with van der Waals surface area (Å²) in [5.41, 5.74) is 15.3. The van der Waals surface area contributed by atoms with Crippen LogP contribution in [-0.4, -0.2) is 27.6 Å². The van der Waals surface area contributed by atoms with E-state index in [1.54, 1.807) is 7.11 Å². The third kappa shape index (κ3) is 4.14. The number of benzene rings is 2. The van der Waals surface area contributed by atoms with Gasteiger partial charge in [0.05, 0.1) is 20.7 Å². The molecule has 0 bridgehead atoms. The number of fused-ring (bicyclic) bond motifs is 1. The number of ether oxygens (including phenoxy) is 2. The highest BCUT2D eigenvalue weighted by Gasteiger charge is 2.25. The minimum Gasteiger partial charge on any atom is -0.497 e. The molecule has 4 rings (SSSR count). The van der Waals surface area contributed by atoms with Crippen molar-refractivity contribution < 1.29 is 18.8 Å². The van der Waals surface area contributed by atoms with Crippen molar-refractivity contribution in [2.75, 3.05) is 18.6 Å².